The van der Waals surface area contributed by atoms with Crippen LogP contribution in [0.1, 0.15) is 69.5 Å². The van der Waals surface area contributed by atoms with Crippen molar-refractivity contribution >= 4 is 17.8 Å². The fourth-order valence-electron chi connectivity index (χ4n) is 4.03. The summed E-state index contributed by atoms with van der Waals surface area (Å²) in [5.41, 5.74) is 1.57. The molecule has 1 heterocycles. The third-order valence-corrected chi connectivity index (χ3v) is 5.78. The molecular formula is C21H29N3O3. The molecule has 0 unspecified atom stereocenters. The van der Waals surface area contributed by atoms with Crippen molar-refractivity contribution < 1.29 is 14.4 Å². The number of amides is 4. The van der Waals surface area contributed by atoms with Gasteiger partial charge in [-0.15, -0.1) is 0 Å². The Kier molecular flexibility index (Phi) is 5.82. The van der Waals surface area contributed by atoms with Gasteiger partial charge in [0.25, 0.3) is 5.91 Å². The minimum absolute atomic E-state index is 0.115. The van der Waals surface area contributed by atoms with Gasteiger partial charge in [-0.1, -0.05) is 50.5 Å². The van der Waals surface area contributed by atoms with Crippen molar-refractivity contribution in [2.75, 3.05) is 6.54 Å². The van der Waals surface area contributed by atoms with Crippen molar-refractivity contribution in [3.63, 3.8) is 0 Å². The Bertz CT molecular complexity index is 708. The zero-order valence-corrected chi connectivity index (χ0v) is 16.2. The van der Waals surface area contributed by atoms with Crippen LogP contribution < -0.4 is 10.6 Å². The summed E-state index contributed by atoms with van der Waals surface area (Å²) < 4.78 is 0. The molecule has 1 aliphatic heterocycles. The van der Waals surface area contributed by atoms with Crippen LogP contribution >= 0.6 is 0 Å². The molecule has 6 heteroatoms. The molecular weight excluding hydrogens is 342 g/mol. The summed E-state index contributed by atoms with van der Waals surface area (Å²) in [5.74, 6) is -0.324. The van der Waals surface area contributed by atoms with Crippen LogP contribution in [0, 0.1) is 0 Å². The van der Waals surface area contributed by atoms with Gasteiger partial charge >= 0.3 is 6.03 Å². The third-order valence-electron chi connectivity index (χ3n) is 5.78. The summed E-state index contributed by atoms with van der Waals surface area (Å²) >= 11 is 0. The van der Waals surface area contributed by atoms with E-state index in [0.29, 0.717) is 12.8 Å². The van der Waals surface area contributed by atoms with E-state index in [2.05, 4.69) is 29.7 Å². The number of rotatable bonds is 6. The van der Waals surface area contributed by atoms with Crippen LogP contribution in [0.15, 0.2) is 24.3 Å². The topological polar surface area (TPSA) is 78.5 Å². The number of imide groups is 1. The number of benzene rings is 1. The number of aryl methyl sites for hydroxylation is 1. The summed E-state index contributed by atoms with van der Waals surface area (Å²) in [5, 5.41) is 5.83. The fraction of sp³-hybridized carbons (Fsp3) is 0.571. The van der Waals surface area contributed by atoms with Crippen LogP contribution in [0.3, 0.4) is 0 Å². The van der Waals surface area contributed by atoms with Crippen LogP contribution in [-0.2, 0) is 16.0 Å². The van der Waals surface area contributed by atoms with Crippen molar-refractivity contribution in [3.05, 3.63) is 35.4 Å². The Hall–Kier alpha value is -2.37. The number of nitrogens with zero attached hydrogens (tertiary/aromatic N) is 1. The lowest BCUT2D eigenvalue weighted by molar-refractivity contribution is -0.132. The van der Waals surface area contributed by atoms with Gasteiger partial charge in [-0.2, -0.15) is 0 Å². The molecule has 2 fully saturated rings. The predicted octanol–water partition coefficient (Wildman–Crippen LogP) is 3.07. The number of carbonyl (C=O) groups excluding carboxylic acids is 3. The van der Waals surface area contributed by atoms with Gasteiger partial charge in [-0.25, -0.2) is 4.79 Å². The molecule has 1 saturated heterocycles. The largest absolute Gasteiger partial charge is 0.350 e. The zero-order chi connectivity index (χ0) is 19.4. The minimum atomic E-state index is -0.722. The van der Waals surface area contributed by atoms with Crippen molar-refractivity contribution in [1.82, 2.24) is 15.5 Å². The Morgan fingerprint density at radius 3 is 2.48 bits per heavy atom. The lowest BCUT2D eigenvalue weighted by atomic mass is 9.82. The molecule has 1 aromatic carbocycles. The highest BCUT2D eigenvalue weighted by atomic mass is 16.2. The van der Waals surface area contributed by atoms with Gasteiger partial charge in [-0.05, 0) is 37.3 Å². The number of hydrogen-bond acceptors (Lipinski definition) is 3. The van der Waals surface area contributed by atoms with E-state index in [9.17, 15) is 14.4 Å². The van der Waals surface area contributed by atoms with Crippen LogP contribution in [0.2, 0.25) is 0 Å². The van der Waals surface area contributed by atoms with E-state index in [0.717, 1.165) is 31.2 Å². The van der Waals surface area contributed by atoms with Gasteiger partial charge in [0.2, 0.25) is 5.91 Å². The summed E-state index contributed by atoms with van der Waals surface area (Å²) in [6.45, 7) is 4.16. The van der Waals surface area contributed by atoms with Crippen molar-refractivity contribution in [1.29, 1.82) is 0 Å². The van der Waals surface area contributed by atoms with Gasteiger partial charge in [-0.3, -0.25) is 14.5 Å². The third kappa shape index (κ3) is 4.15. The van der Waals surface area contributed by atoms with E-state index >= 15 is 0 Å². The number of urea groups is 1. The molecule has 1 saturated carbocycles. The quantitative estimate of drug-likeness (QED) is 0.755. The first kappa shape index (κ1) is 19.4. The molecule has 1 aliphatic carbocycles. The maximum Gasteiger partial charge on any atom is 0.325 e. The van der Waals surface area contributed by atoms with E-state index in [1.54, 1.807) is 0 Å². The Morgan fingerprint density at radius 2 is 1.85 bits per heavy atom. The van der Waals surface area contributed by atoms with Gasteiger partial charge in [0, 0.05) is 13.0 Å². The van der Waals surface area contributed by atoms with E-state index in [-0.39, 0.29) is 36.9 Å². The molecule has 146 valence electrons. The smallest absolute Gasteiger partial charge is 0.325 e. The van der Waals surface area contributed by atoms with Crippen LogP contribution in [0.5, 0.6) is 0 Å². The predicted molar refractivity (Wildman–Crippen MR) is 103 cm³/mol. The average Bonchev–Trinajstić information content (AvgIpc) is 2.90. The summed E-state index contributed by atoms with van der Waals surface area (Å²) in [7, 11) is 0. The maximum absolute atomic E-state index is 12.7. The molecule has 4 amide bonds. The normalized spacial score (nSPS) is 19.9. The molecule has 1 aromatic rings. The minimum Gasteiger partial charge on any atom is -0.350 e. The van der Waals surface area contributed by atoms with Crippen LogP contribution in [-0.4, -0.2) is 34.8 Å². The molecule has 1 spiro atoms. The molecule has 3 rings (SSSR count). The number of carbonyl (C=O) groups is 3. The summed E-state index contributed by atoms with van der Waals surface area (Å²) in [6, 6.07) is 7.69. The van der Waals surface area contributed by atoms with Gasteiger partial charge in [0.15, 0.2) is 0 Å². The second kappa shape index (κ2) is 8.11. The molecule has 27 heavy (non-hydrogen) atoms. The standard InChI is InChI=1S/C21H29N3O3/c1-3-16-7-9-17(10-8-16)15(2)22-18(25)11-14-24-19(26)21(23-20(24)27)12-5-4-6-13-21/h7-10,15H,3-6,11-14H2,1-2H3,(H,22,25)(H,23,27)/t15-/m0/s1. The molecule has 6 nitrogen and oxygen atoms in total. The Morgan fingerprint density at radius 1 is 1.19 bits per heavy atom. The van der Waals surface area contributed by atoms with Crippen LogP contribution in [0.25, 0.3) is 0 Å². The molecule has 0 aromatic heterocycles. The van der Waals surface area contributed by atoms with E-state index < -0.39 is 5.54 Å². The monoisotopic (exact) mass is 371 g/mol. The highest BCUT2D eigenvalue weighted by Gasteiger charge is 2.51. The fourth-order valence-corrected chi connectivity index (χ4v) is 4.03. The SMILES string of the molecule is CCc1ccc([C@H](C)NC(=O)CCN2C(=O)NC3(CCCCC3)C2=O)cc1. The lowest BCUT2D eigenvalue weighted by Gasteiger charge is -2.30. The lowest BCUT2D eigenvalue weighted by Crippen LogP contribution is -2.48. The van der Waals surface area contributed by atoms with Crippen molar-refractivity contribution in [2.45, 2.75) is 70.4 Å². The molecule has 0 radical (unpaired) electrons. The van der Waals surface area contributed by atoms with E-state index in [1.165, 1.54) is 10.5 Å². The number of nitrogens with one attached hydrogen (secondary N) is 2. The second-order valence-electron chi connectivity index (χ2n) is 7.66. The first-order chi connectivity index (χ1) is 12.9. The van der Waals surface area contributed by atoms with Crippen molar-refractivity contribution in [2.24, 2.45) is 0 Å². The van der Waals surface area contributed by atoms with Gasteiger partial charge in [0.05, 0.1) is 6.04 Å². The van der Waals surface area contributed by atoms with Gasteiger partial charge in [0.1, 0.15) is 5.54 Å². The van der Waals surface area contributed by atoms with Gasteiger partial charge < -0.3 is 10.6 Å². The second-order valence-corrected chi connectivity index (χ2v) is 7.66. The first-order valence-corrected chi connectivity index (χ1v) is 9.97. The molecule has 0 bridgehead atoms. The van der Waals surface area contributed by atoms with E-state index in [4.69, 9.17) is 0 Å². The molecule has 2 aliphatic rings. The highest BCUT2D eigenvalue weighted by molar-refractivity contribution is 6.07. The Labute approximate surface area is 160 Å². The van der Waals surface area contributed by atoms with E-state index in [1.807, 2.05) is 19.1 Å². The zero-order valence-electron chi connectivity index (χ0n) is 16.2. The molecule has 2 N–H and O–H groups in total. The summed E-state index contributed by atoms with van der Waals surface area (Å²) in [6.07, 6.45) is 5.50. The Balaban J connectivity index is 1.52. The maximum atomic E-state index is 12.7. The highest BCUT2D eigenvalue weighted by Crippen LogP contribution is 2.33. The average molecular weight is 371 g/mol. The summed E-state index contributed by atoms with van der Waals surface area (Å²) in [4.78, 5) is 38.5. The first-order valence-electron chi connectivity index (χ1n) is 9.97. The van der Waals surface area contributed by atoms with Crippen LogP contribution in [0.4, 0.5) is 4.79 Å². The van der Waals surface area contributed by atoms with Crippen molar-refractivity contribution in [3.8, 4) is 0 Å². The molecule has 1 atom stereocenters. The number of hydrogen-bond donors (Lipinski definition) is 2.